The van der Waals surface area contributed by atoms with Crippen LogP contribution in [-0.4, -0.2) is 45.6 Å². The van der Waals surface area contributed by atoms with Gasteiger partial charge in [-0.25, -0.2) is 0 Å². The lowest BCUT2D eigenvalue weighted by Crippen LogP contribution is -2.22. The fourth-order valence-electron chi connectivity index (χ4n) is 2.55. The van der Waals surface area contributed by atoms with Gasteiger partial charge in [0.25, 0.3) is 5.91 Å². The molecule has 2 heterocycles. The van der Waals surface area contributed by atoms with Crippen LogP contribution in [-0.2, 0) is 11.3 Å². The van der Waals surface area contributed by atoms with Gasteiger partial charge in [-0.2, -0.15) is 5.10 Å². The lowest BCUT2D eigenvalue weighted by Gasteiger charge is -2.12. The molecule has 2 amide bonds. The molecule has 1 N–H and O–H groups in total. The largest absolute Gasteiger partial charge is 0.345 e. The monoisotopic (exact) mass is 349 g/mol. The minimum absolute atomic E-state index is 0.0660. The van der Waals surface area contributed by atoms with E-state index in [0.29, 0.717) is 11.3 Å². The summed E-state index contributed by atoms with van der Waals surface area (Å²) in [5.41, 5.74) is 2.85. The molecular weight excluding hydrogens is 330 g/mol. The fraction of sp³-hybridized carbons (Fsp3) is 0.158. The Morgan fingerprint density at radius 1 is 1.08 bits per heavy atom. The van der Waals surface area contributed by atoms with Gasteiger partial charge < -0.3 is 10.2 Å². The summed E-state index contributed by atoms with van der Waals surface area (Å²) in [4.78, 5) is 29.9. The van der Waals surface area contributed by atoms with Crippen molar-refractivity contribution in [3.05, 3.63) is 66.6 Å². The van der Waals surface area contributed by atoms with Gasteiger partial charge in [-0.1, -0.05) is 6.07 Å². The molecule has 0 bridgehead atoms. The van der Waals surface area contributed by atoms with E-state index in [1.807, 2.05) is 18.2 Å². The summed E-state index contributed by atoms with van der Waals surface area (Å²) < 4.78 is 1.62. The van der Waals surface area contributed by atoms with E-state index in [1.165, 1.54) is 4.90 Å². The second-order valence-corrected chi connectivity index (χ2v) is 5.94. The van der Waals surface area contributed by atoms with Crippen molar-refractivity contribution >= 4 is 17.5 Å². The predicted molar refractivity (Wildman–Crippen MR) is 98.5 cm³/mol. The minimum atomic E-state index is -0.224. The second kappa shape index (κ2) is 7.60. The Morgan fingerprint density at radius 3 is 2.58 bits per heavy atom. The Kier molecular flexibility index (Phi) is 5.07. The Hall–Kier alpha value is -3.48. The van der Waals surface area contributed by atoms with Crippen LogP contribution >= 0.6 is 0 Å². The average molecular weight is 349 g/mol. The van der Waals surface area contributed by atoms with Crippen molar-refractivity contribution < 1.29 is 9.59 Å². The van der Waals surface area contributed by atoms with Crippen LogP contribution in [0, 0.1) is 0 Å². The first-order chi connectivity index (χ1) is 12.5. The van der Waals surface area contributed by atoms with Gasteiger partial charge in [0.1, 0.15) is 6.54 Å². The Bertz CT molecular complexity index is 918. The number of nitrogens with zero attached hydrogens (tertiary/aromatic N) is 4. The Labute approximate surface area is 151 Å². The highest BCUT2D eigenvalue weighted by Crippen LogP contribution is 2.18. The van der Waals surface area contributed by atoms with E-state index in [9.17, 15) is 9.59 Å². The van der Waals surface area contributed by atoms with Gasteiger partial charge in [0.05, 0.1) is 5.69 Å². The summed E-state index contributed by atoms with van der Waals surface area (Å²) in [7, 11) is 3.37. The van der Waals surface area contributed by atoms with Crippen molar-refractivity contribution in [3.8, 4) is 11.3 Å². The predicted octanol–water partition coefficient (Wildman–Crippen LogP) is 2.29. The van der Waals surface area contributed by atoms with E-state index < -0.39 is 0 Å². The molecule has 0 saturated carbocycles. The van der Waals surface area contributed by atoms with E-state index in [-0.39, 0.29) is 18.4 Å². The lowest BCUT2D eigenvalue weighted by atomic mass is 10.2. The van der Waals surface area contributed by atoms with E-state index in [4.69, 9.17) is 0 Å². The first-order valence-corrected chi connectivity index (χ1v) is 8.08. The quantitative estimate of drug-likeness (QED) is 0.766. The van der Waals surface area contributed by atoms with Gasteiger partial charge in [-0.05, 0) is 36.4 Å². The molecule has 3 aromatic rings. The number of carbonyl (C=O) groups excluding carboxylic acids is 2. The zero-order valence-corrected chi connectivity index (χ0v) is 14.6. The third-order valence-electron chi connectivity index (χ3n) is 3.79. The van der Waals surface area contributed by atoms with Crippen LogP contribution in [0.4, 0.5) is 5.69 Å². The summed E-state index contributed by atoms with van der Waals surface area (Å²) >= 11 is 0. The highest BCUT2D eigenvalue weighted by atomic mass is 16.2. The highest BCUT2D eigenvalue weighted by molar-refractivity contribution is 5.97. The molecule has 0 fully saturated rings. The van der Waals surface area contributed by atoms with Gasteiger partial charge in [0.15, 0.2) is 0 Å². The van der Waals surface area contributed by atoms with Crippen molar-refractivity contribution in [2.45, 2.75) is 6.54 Å². The number of carbonyl (C=O) groups is 2. The van der Waals surface area contributed by atoms with E-state index in [2.05, 4.69) is 15.4 Å². The van der Waals surface area contributed by atoms with Gasteiger partial charge in [-0.15, -0.1) is 0 Å². The number of nitrogens with one attached hydrogen (secondary N) is 1. The molecule has 0 aliphatic rings. The maximum Gasteiger partial charge on any atom is 0.253 e. The highest BCUT2D eigenvalue weighted by Gasteiger charge is 2.12. The molecule has 0 aliphatic heterocycles. The summed E-state index contributed by atoms with van der Waals surface area (Å²) in [6.07, 6.45) is 5.04. The molecule has 0 radical (unpaired) electrons. The molecule has 7 heteroatoms. The molecule has 132 valence electrons. The standard InChI is InChI=1S/C19H19N5O2/c1-23(2)19(26)15-4-3-5-16(12-15)22-18(25)13-24-17(8-11-21-24)14-6-9-20-10-7-14/h3-12H,13H2,1-2H3,(H,22,25). The van der Waals surface area contributed by atoms with Crippen LogP contribution < -0.4 is 5.32 Å². The second-order valence-electron chi connectivity index (χ2n) is 5.94. The lowest BCUT2D eigenvalue weighted by molar-refractivity contribution is -0.116. The topological polar surface area (TPSA) is 80.1 Å². The van der Waals surface area contributed by atoms with Gasteiger partial charge >= 0.3 is 0 Å². The van der Waals surface area contributed by atoms with Crippen LogP contribution in [0.25, 0.3) is 11.3 Å². The number of rotatable bonds is 5. The maximum absolute atomic E-state index is 12.4. The fourth-order valence-corrected chi connectivity index (χ4v) is 2.55. The molecule has 0 atom stereocenters. The molecule has 3 rings (SSSR count). The third kappa shape index (κ3) is 3.94. The summed E-state index contributed by atoms with van der Waals surface area (Å²) in [5, 5.41) is 7.03. The molecule has 2 aromatic heterocycles. The SMILES string of the molecule is CN(C)C(=O)c1cccc(NC(=O)Cn2nccc2-c2ccncc2)c1. The van der Waals surface area contributed by atoms with Crippen LogP contribution in [0.2, 0.25) is 0 Å². The Morgan fingerprint density at radius 2 is 1.85 bits per heavy atom. The van der Waals surface area contributed by atoms with E-state index in [0.717, 1.165) is 11.3 Å². The average Bonchev–Trinajstić information content (AvgIpc) is 3.09. The number of hydrogen-bond donors (Lipinski definition) is 1. The zero-order chi connectivity index (χ0) is 18.5. The van der Waals surface area contributed by atoms with E-state index >= 15 is 0 Å². The molecule has 0 saturated heterocycles. The smallest absolute Gasteiger partial charge is 0.253 e. The molecule has 0 aliphatic carbocycles. The van der Waals surface area contributed by atoms with Crippen molar-refractivity contribution in [2.24, 2.45) is 0 Å². The Balaban J connectivity index is 1.72. The number of hydrogen-bond acceptors (Lipinski definition) is 4. The van der Waals surface area contributed by atoms with Crippen LogP contribution in [0.1, 0.15) is 10.4 Å². The summed E-state index contributed by atoms with van der Waals surface area (Å²) in [5.74, 6) is -0.341. The molecule has 1 aromatic carbocycles. The molecule has 0 spiro atoms. The number of benzene rings is 1. The first-order valence-electron chi connectivity index (χ1n) is 8.08. The molecular formula is C19H19N5O2. The molecule has 7 nitrogen and oxygen atoms in total. The summed E-state index contributed by atoms with van der Waals surface area (Å²) in [6.45, 7) is 0.0660. The number of anilines is 1. The van der Waals surface area contributed by atoms with E-state index in [1.54, 1.807) is 61.6 Å². The maximum atomic E-state index is 12.4. The minimum Gasteiger partial charge on any atom is -0.345 e. The number of pyridine rings is 1. The zero-order valence-electron chi connectivity index (χ0n) is 14.6. The van der Waals surface area contributed by atoms with Crippen molar-refractivity contribution in [1.82, 2.24) is 19.7 Å². The van der Waals surface area contributed by atoms with Gasteiger partial charge in [-0.3, -0.25) is 19.3 Å². The number of aromatic nitrogens is 3. The van der Waals surface area contributed by atoms with Crippen LogP contribution in [0.5, 0.6) is 0 Å². The molecule has 0 unspecified atom stereocenters. The van der Waals surface area contributed by atoms with Gasteiger partial charge in [0, 0.05) is 49.5 Å². The summed E-state index contributed by atoms with van der Waals surface area (Å²) in [6, 6.07) is 12.4. The van der Waals surface area contributed by atoms with Crippen LogP contribution in [0.15, 0.2) is 61.1 Å². The van der Waals surface area contributed by atoms with Gasteiger partial charge in [0.2, 0.25) is 5.91 Å². The van der Waals surface area contributed by atoms with Crippen molar-refractivity contribution in [1.29, 1.82) is 0 Å². The third-order valence-corrected chi connectivity index (χ3v) is 3.79. The van der Waals surface area contributed by atoms with Crippen molar-refractivity contribution in [2.75, 3.05) is 19.4 Å². The first kappa shape index (κ1) is 17.3. The van der Waals surface area contributed by atoms with Crippen molar-refractivity contribution in [3.63, 3.8) is 0 Å². The number of amides is 2. The van der Waals surface area contributed by atoms with Crippen LogP contribution in [0.3, 0.4) is 0 Å². The molecule has 26 heavy (non-hydrogen) atoms. The normalized spacial score (nSPS) is 10.4.